The number of hydrogen-bond acceptors (Lipinski definition) is 3. The Balaban J connectivity index is 1.74. The van der Waals surface area contributed by atoms with Gasteiger partial charge in [-0.15, -0.1) is 0 Å². The second-order valence-electron chi connectivity index (χ2n) is 4.87. The summed E-state index contributed by atoms with van der Waals surface area (Å²) in [4.78, 5) is 4.77. The van der Waals surface area contributed by atoms with Gasteiger partial charge in [0.15, 0.2) is 5.90 Å². The van der Waals surface area contributed by atoms with Crippen molar-refractivity contribution >= 4 is 21.8 Å². The Labute approximate surface area is 116 Å². The summed E-state index contributed by atoms with van der Waals surface area (Å²) in [5, 5.41) is 3.37. The Morgan fingerprint density at radius 2 is 2.11 bits per heavy atom. The molecule has 1 unspecified atom stereocenters. The molecule has 0 saturated carbocycles. The van der Waals surface area contributed by atoms with Crippen LogP contribution in [0.25, 0.3) is 0 Å². The van der Waals surface area contributed by atoms with E-state index in [2.05, 4.69) is 39.4 Å². The van der Waals surface area contributed by atoms with Gasteiger partial charge < -0.3 is 10.1 Å². The van der Waals surface area contributed by atoms with Crippen molar-refractivity contribution in [2.24, 2.45) is 10.9 Å². The van der Waals surface area contributed by atoms with E-state index < -0.39 is 0 Å². The molecular weight excluding hydrogens is 292 g/mol. The second kappa shape index (κ2) is 5.41. The largest absolute Gasteiger partial charge is 0.478 e. The van der Waals surface area contributed by atoms with Crippen LogP contribution in [0.2, 0.25) is 0 Å². The third-order valence-electron chi connectivity index (χ3n) is 3.59. The third kappa shape index (κ3) is 2.59. The van der Waals surface area contributed by atoms with Crippen molar-refractivity contribution in [1.82, 2.24) is 5.32 Å². The molecule has 1 aromatic rings. The lowest BCUT2D eigenvalue weighted by Crippen LogP contribution is -2.31. The predicted octanol–water partition coefficient (Wildman–Crippen LogP) is 2.92. The van der Waals surface area contributed by atoms with E-state index in [1.165, 1.54) is 5.56 Å². The first-order chi connectivity index (χ1) is 8.83. The molecule has 0 radical (unpaired) electrons. The number of hydrogen-bond donors (Lipinski definition) is 1. The van der Waals surface area contributed by atoms with Crippen molar-refractivity contribution in [3.63, 3.8) is 0 Å². The van der Waals surface area contributed by atoms with Gasteiger partial charge in [-0.25, -0.2) is 4.99 Å². The van der Waals surface area contributed by atoms with E-state index in [9.17, 15) is 0 Å². The van der Waals surface area contributed by atoms with Crippen LogP contribution in [-0.4, -0.2) is 25.6 Å². The summed E-state index contributed by atoms with van der Waals surface area (Å²) >= 11 is 3.50. The molecule has 1 N–H and O–H groups in total. The smallest absolute Gasteiger partial charge is 0.187 e. The highest BCUT2D eigenvalue weighted by molar-refractivity contribution is 9.10. The molecule has 0 aromatic heterocycles. The summed E-state index contributed by atoms with van der Waals surface area (Å²) in [5.41, 5.74) is 1.23. The molecule has 1 fully saturated rings. The van der Waals surface area contributed by atoms with E-state index in [0.29, 0.717) is 12.5 Å². The zero-order chi connectivity index (χ0) is 12.4. The van der Waals surface area contributed by atoms with Crippen LogP contribution in [0.3, 0.4) is 0 Å². The SMILES string of the molecule is Brc1cccc(C2COC(C3CCNCC3)=N2)c1. The number of ether oxygens (including phenoxy) is 1. The van der Waals surface area contributed by atoms with E-state index in [1.54, 1.807) is 0 Å². The van der Waals surface area contributed by atoms with Crippen LogP contribution in [-0.2, 0) is 4.74 Å². The fourth-order valence-electron chi connectivity index (χ4n) is 2.57. The lowest BCUT2D eigenvalue weighted by molar-refractivity contribution is 0.285. The first-order valence-electron chi connectivity index (χ1n) is 6.49. The molecule has 1 atom stereocenters. The van der Waals surface area contributed by atoms with Gasteiger partial charge >= 0.3 is 0 Å². The summed E-state index contributed by atoms with van der Waals surface area (Å²) in [6, 6.07) is 8.51. The molecule has 3 rings (SSSR count). The average molecular weight is 309 g/mol. The molecule has 2 heterocycles. The van der Waals surface area contributed by atoms with Crippen LogP contribution in [0.5, 0.6) is 0 Å². The van der Waals surface area contributed by atoms with Crippen molar-refractivity contribution in [3.05, 3.63) is 34.3 Å². The minimum Gasteiger partial charge on any atom is -0.478 e. The van der Waals surface area contributed by atoms with Gasteiger partial charge in [-0.3, -0.25) is 0 Å². The Hall–Kier alpha value is -0.870. The van der Waals surface area contributed by atoms with E-state index in [1.807, 2.05) is 6.07 Å². The Morgan fingerprint density at radius 1 is 1.28 bits per heavy atom. The molecule has 1 aromatic carbocycles. The van der Waals surface area contributed by atoms with Gasteiger partial charge in [-0.1, -0.05) is 28.1 Å². The maximum Gasteiger partial charge on any atom is 0.187 e. The molecule has 1 saturated heterocycles. The summed E-state index contributed by atoms with van der Waals surface area (Å²) in [6.07, 6.45) is 2.29. The third-order valence-corrected chi connectivity index (χ3v) is 4.09. The van der Waals surface area contributed by atoms with Crippen molar-refractivity contribution in [2.45, 2.75) is 18.9 Å². The van der Waals surface area contributed by atoms with Crippen molar-refractivity contribution in [1.29, 1.82) is 0 Å². The summed E-state index contributed by atoms with van der Waals surface area (Å²) in [6.45, 7) is 2.85. The monoisotopic (exact) mass is 308 g/mol. The predicted molar refractivity (Wildman–Crippen MR) is 75.9 cm³/mol. The topological polar surface area (TPSA) is 33.6 Å². The standard InChI is InChI=1S/C14H17BrN2O/c15-12-3-1-2-11(8-12)13-9-18-14(17-13)10-4-6-16-7-5-10/h1-3,8,10,13,16H,4-7,9H2. The summed E-state index contributed by atoms with van der Waals surface area (Å²) in [7, 11) is 0. The normalized spacial score (nSPS) is 24.7. The van der Waals surface area contributed by atoms with Gasteiger partial charge in [-0.05, 0) is 43.6 Å². The molecule has 3 nitrogen and oxygen atoms in total. The molecule has 0 spiro atoms. The van der Waals surface area contributed by atoms with Crippen LogP contribution >= 0.6 is 15.9 Å². The zero-order valence-electron chi connectivity index (χ0n) is 10.2. The first kappa shape index (κ1) is 12.2. The number of aliphatic imine (C=N–C) groups is 1. The van der Waals surface area contributed by atoms with Gasteiger partial charge in [-0.2, -0.15) is 0 Å². The molecule has 0 amide bonds. The second-order valence-corrected chi connectivity index (χ2v) is 5.79. The first-order valence-corrected chi connectivity index (χ1v) is 7.29. The molecule has 4 heteroatoms. The fourth-order valence-corrected chi connectivity index (χ4v) is 2.99. The van der Waals surface area contributed by atoms with E-state index in [-0.39, 0.29) is 6.04 Å². The molecular formula is C14H17BrN2O. The van der Waals surface area contributed by atoms with Crippen molar-refractivity contribution in [3.8, 4) is 0 Å². The highest BCUT2D eigenvalue weighted by Gasteiger charge is 2.27. The zero-order valence-corrected chi connectivity index (χ0v) is 11.8. The minimum atomic E-state index is 0.174. The van der Waals surface area contributed by atoms with Crippen LogP contribution in [0, 0.1) is 5.92 Å². The lowest BCUT2D eigenvalue weighted by atomic mass is 9.98. The van der Waals surface area contributed by atoms with Crippen LogP contribution in [0.4, 0.5) is 0 Å². The number of piperidine rings is 1. The van der Waals surface area contributed by atoms with Gasteiger partial charge in [0.05, 0.1) is 0 Å². The molecule has 96 valence electrons. The number of halogens is 1. The van der Waals surface area contributed by atoms with Crippen LogP contribution in [0.1, 0.15) is 24.4 Å². The average Bonchev–Trinajstić information content (AvgIpc) is 2.89. The van der Waals surface area contributed by atoms with Gasteiger partial charge in [0.2, 0.25) is 0 Å². The Kier molecular flexibility index (Phi) is 3.66. The number of nitrogens with zero attached hydrogens (tertiary/aromatic N) is 1. The van der Waals surface area contributed by atoms with E-state index in [4.69, 9.17) is 9.73 Å². The Bertz CT molecular complexity index is 455. The van der Waals surface area contributed by atoms with Crippen LogP contribution < -0.4 is 5.32 Å². The number of rotatable bonds is 2. The maximum absolute atomic E-state index is 5.81. The number of nitrogens with one attached hydrogen (secondary N) is 1. The van der Waals surface area contributed by atoms with Gasteiger partial charge in [0.1, 0.15) is 12.6 Å². The lowest BCUT2D eigenvalue weighted by Gasteiger charge is -2.21. The molecule has 0 bridgehead atoms. The minimum absolute atomic E-state index is 0.174. The molecule has 18 heavy (non-hydrogen) atoms. The van der Waals surface area contributed by atoms with Gasteiger partial charge in [0, 0.05) is 10.4 Å². The fraction of sp³-hybridized carbons (Fsp3) is 0.500. The maximum atomic E-state index is 5.81. The summed E-state index contributed by atoms with van der Waals surface area (Å²) < 4.78 is 6.91. The summed E-state index contributed by atoms with van der Waals surface area (Å²) in [5.74, 6) is 1.49. The number of benzene rings is 1. The quantitative estimate of drug-likeness (QED) is 0.911. The molecule has 2 aliphatic rings. The highest BCUT2D eigenvalue weighted by Crippen LogP contribution is 2.29. The van der Waals surface area contributed by atoms with Crippen LogP contribution in [0.15, 0.2) is 33.7 Å². The van der Waals surface area contributed by atoms with Gasteiger partial charge in [0.25, 0.3) is 0 Å². The van der Waals surface area contributed by atoms with E-state index in [0.717, 1.165) is 36.3 Å². The highest BCUT2D eigenvalue weighted by atomic mass is 79.9. The Morgan fingerprint density at radius 3 is 2.89 bits per heavy atom. The van der Waals surface area contributed by atoms with Crippen molar-refractivity contribution in [2.75, 3.05) is 19.7 Å². The molecule has 2 aliphatic heterocycles. The van der Waals surface area contributed by atoms with E-state index >= 15 is 0 Å². The van der Waals surface area contributed by atoms with Crippen molar-refractivity contribution < 1.29 is 4.74 Å². The molecule has 0 aliphatic carbocycles.